The van der Waals surface area contributed by atoms with E-state index in [-0.39, 0.29) is 5.91 Å². The van der Waals surface area contributed by atoms with Crippen molar-refractivity contribution in [3.05, 3.63) is 70.5 Å². The molecule has 2 aromatic carbocycles. The highest BCUT2D eigenvalue weighted by Gasteiger charge is 2.06. The standard InChI is InChI=1S/C20H20N2OS/c1-2-6-19(23)21-17-11-9-16(10-12-17)18-14-24-20(22-18)13-15-7-4-3-5-8-15/h3-5,7-12,14H,2,6,13H2,1H3,(H,21,23). The number of nitrogens with one attached hydrogen (secondary N) is 1. The maximum atomic E-state index is 11.6. The van der Waals surface area contributed by atoms with Crippen LogP contribution >= 0.6 is 11.3 Å². The van der Waals surface area contributed by atoms with E-state index in [1.807, 2.05) is 37.3 Å². The van der Waals surface area contributed by atoms with E-state index in [2.05, 4.69) is 35.0 Å². The van der Waals surface area contributed by atoms with E-state index in [1.165, 1.54) is 5.56 Å². The Labute approximate surface area is 146 Å². The van der Waals surface area contributed by atoms with Crippen molar-refractivity contribution in [2.75, 3.05) is 5.32 Å². The van der Waals surface area contributed by atoms with Crippen LogP contribution in [-0.2, 0) is 11.2 Å². The summed E-state index contributed by atoms with van der Waals surface area (Å²) in [5.41, 5.74) is 4.15. The molecule has 0 aliphatic rings. The number of nitrogens with zero attached hydrogens (tertiary/aromatic N) is 1. The van der Waals surface area contributed by atoms with Crippen molar-refractivity contribution in [1.82, 2.24) is 4.98 Å². The third-order valence-electron chi connectivity index (χ3n) is 3.69. The molecule has 1 N–H and O–H groups in total. The number of rotatable bonds is 6. The van der Waals surface area contributed by atoms with Crippen LogP contribution in [0.2, 0.25) is 0 Å². The van der Waals surface area contributed by atoms with Crippen LogP contribution in [0.25, 0.3) is 11.3 Å². The Morgan fingerprint density at radius 1 is 1.08 bits per heavy atom. The van der Waals surface area contributed by atoms with Crippen LogP contribution in [0.5, 0.6) is 0 Å². The van der Waals surface area contributed by atoms with Gasteiger partial charge in [0.1, 0.15) is 0 Å². The van der Waals surface area contributed by atoms with Crippen LogP contribution in [-0.4, -0.2) is 10.9 Å². The number of benzene rings is 2. The fraction of sp³-hybridized carbons (Fsp3) is 0.200. The normalized spacial score (nSPS) is 10.5. The van der Waals surface area contributed by atoms with Crippen molar-refractivity contribution in [2.45, 2.75) is 26.2 Å². The van der Waals surface area contributed by atoms with Gasteiger partial charge in [0.05, 0.1) is 10.7 Å². The van der Waals surface area contributed by atoms with Gasteiger partial charge >= 0.3 is 0 Å². The van der Waals surface area contributed by atoms with E-state index in [9.17, 15) is 4.79 Å². The zero-order valence-electron chi connectivity index (χ0n) is 13.7. The molecule has 122 valence electrons. The van der Waals surface area contributed by atoms with E-state index in [1.54, 1.807) is 11.3 Å². The summed E-state index contributed by atoms with van der Waals surface area (Å²) in [6, 6.07) is 18.2. The summed E-state index contributed by atoms with van der Waals surface area (Å²) in [5, 5.41) is 6.10. The fourth-order valence-electron chi connectivity index (χ4n) is 2.47. The number of hydrogen-bond acceptors (Lipinski definition) is 3. The van der Waals surface area contributed by atoms with Gasteiger partial charge in [-0.2, -0.15) is 0 Å². The van der Waals surface area contributed by atoms with Crippen molar-refractivity contribution in [2.24, 2.45) is 0 Å². The van der Waals surface area contributed by atoms with Crippen LogP contribution in [0, 0.1) is 0 Å². The lowest BCUT2D eigenvalue weighted by molar-refractivity contribution is -0.116. The number of anilines is 1. The van der Waals surface area contributed by atoms with Gasteiger partial charge in [0, 0.05) is 29.5 Å². The Balaban J connectivity index is 1.67. The van der Waals surface area contributed by atoms with Crippen molar-refractivity contribution in [3.63, 3.8) is 0 Å². The molecule has 0 fully saturated rings. The fourth-order valence-corrected chi connectivity index (χ4v) is 3.31. The van der Waals surface area contributed by atoms with Gasteiger partial charge in [-0.05, 0) is 24.1 Å². The first kappa shape index (κ1) is 16.4. The lowest BCUT2D eigenvalue weighted by Gasteiger charge is -2.05. The Morgan fingerprint density at radius 3 is 2.54 bits per heavy atom. The SMILES string of the molecule is CCCC(=O)Nc1ccc(-c2csc(Cc3ccccc3)n2)cc1. The van der Waals surface area contributed by atoms with Crippen molar-refractivity contribution >= 4 is 22.9 Å². The van der Waals surface area contributed by atoms with Gasteiger partial charge in [0.25, 0.3) is 0 Å². The molecule has 3 nitrogen and oxygen atoms in total. The molecule has 1 amide bonds. The second kappa shape index (κ2) is 7.88. The van der Waals surface area contributed by atoms with E-state index >= 15 is 0 Å². The summed E-state index contributed by atoms with van der Waals surface area (Å²) in [4.78, 5) is 16.3. The summed E-state index contributed by atoms with van der Waals surface area (Å²) in [7, 11) is 0. The lowest BCUT2D eigenvalue weighted by atomic mass is 10.1. The van der Waals surface area contributed by atoms with Crippen molar-refractivity contribution in [1.29, 1.82) is 0 Å². The zero-order valence-corrected chi connectivity index (χ0v) is 14.5. The molecular formula is C20H20N2OS. The van der Waals surface area contributed by atoms with Crippen LogP contribution in [0.3, 0.4) is 0 Å². The molecule has 3 rings (SSSR count). The molecule has 3 aromatic rings. The number of carbonyl (C=O) groups excluding carboxylic acids is 1. The topological polar surface area (TPSA) is 42.0 Å². The molecule has 0 aliphatic heterocycles. The van der Waals surface area contributed by atoms with Crippen molar-refractivity contribution < 1.29 is 4.79 Å². The van der Waals surface area contributed by atoms with Gasteiger partial charge in [0.2, 0.25) is 5.91 Å². The Hall–Kier alpha value is -2.46. The zero-order chi connectivity index (χ0) is 16.8. The first-order valence-corrected chi connectivity index (χ1v) is 9.01. The molecule has 0 aliphatic carbocycles. The second-order valence-corrected chi connectivity index (χ2v) is 6.61. The van der Waals surface area contributed by atoms with Crippen LogP contribution in [0.15, 0.2) is 60.0 Å². The number of thiazole rings is 1. The Morgan fingerprint density at radius 2 is 1.83 bits per heavy atom. The summed E-state index contributed by atoms with van der Waals surface area (Å²) >= 11 is 1.68. The minimum Gasteiger partial charge on any atom is -0.326 e. The summed E-state index contributed by atoms with van der Waals surface area (Å²) in [5.74, 6) is 0.0593. The molecular weight excluding hydrogens is 316 g/mol. The third-order valence-corrected chi connectivity index (χ3v) is 4.54. The predicted molar refractivity (Wildman–Crippen MR) is 100 cm³/mol. The van der Waals surface area contributed by atoms with Crippen LogP contribution in [0.1, 0.15) is 30.3 Å². The van der Waals surface area contributed by atoms with Gasteiger partial charge < -0.3 is 5.32 Å². The maximum Gasteiger partial charge on any atom is 0.224 e. The highest BCUT2D eigenvalue weighted by Crippen LogP contribution is 2.25. The minimum absolute atomic E-state index is 0.0593. The van der Waals surface area contributed by atoms with Gasteiger partial charge in [-0.1, -0.05) is 49.4 Å². The number of aromatic nitrogens is 1. The van der Waals surface area contributed by atoms with E-state index in [4.69, 9.17) is 4.98 Å². The monoisotopic (exact) mass is 336 g/mol. The molecule has 4 heteroatoms. The first-order chi connectivity index (χ1) is 11.7. The molecule has 24 heavy (non-hydrogen) atoms. The largest absolute Gasteiger partial charge is 0.326 e. The molecule has 0 bridgehead atoms. The van der Waals surface area contributed by atoms with Gasteiger partial charge in [0.15, 0.2) is 0 Å². The number of carbonyl (C=O) groups is 1. The van der Waals surface area contributed by atoms with Gasteiger partial charge in [-0.15, -0.1) is 11.3 Å². The molecule has 0 saturated heterocycles. The average Bonchev–Trinajstić information content (AvgIpc) is 3.05. The molecule has 0 spiro atoms. The molecule has 0 atom stereocenters. The predicted octanol–water partition coefficient (Wildman–Crippen LogP) is 5.14. The summed E-state index contributed by atoms with van der Waals surface area (Å²) < 4.78 is 0. The quantitative estimate of drug-likeness (QED) is 0.677. The second-order valence-electron chi connectivity index (χ2n) is 5.66. The smallest absolute Gasteiger partial charge is 0.224 e. The number of amides is 1. The Bertz CT molecular complexity index is 794. The first-order valence-electron chi connectivity index (χ1n) is 8.13. The average molecular weight is 336 g/mol. The van der Waals surface area contributed by atoms with E-state index < -0.39 is 0 Å². The van der Waals surface area contributed by atoms with Gasteiger partial charge in [-0.3, -0.25) is 4.79 Å². The molecule has 0 radical (unpaired) electrons. The Kier molecular flexibility index (Phi) is 5.39. The summed E-state index contributed by atoms with van der Waals surface area (Å²) in [6.45, 7) is 2.00. The van der Waals surface area contributed by atoms with Crippen LogP contribution < -0.4 is 5.32 Å². The highest BCUT2D eigenvalue weighted by molar-refractivity contribution is 7.10. The van der Waals surface area contributed by atoms with E-state index in [0.29, 0.717) is 6.42 Å². The van der Waals surface area contributed by atoms with E-state index in [0.717, 1.165) is 34.8 Å². The molecule has 0 unspecified atom stereocenters. The molecule has 1 heterocycles. The molecule has 0 saturated carbocycles. The minimum atomic E-state index is 0.0593. The third kappa shape index (κ3) is 4.30. The van der Waals surface area contributed by atoms with Gasteiger partial charge in [-0.25, -0.2) is 4.98 Å². The van der Waals surface area contributed by atoms with Crippen LogP contribution in [0.4, 0.5) is 5.69 Å². The summed E-state index contributed by atoms with van der Waals surface area (Å²) in [6.07, 6.45) is 2.26. The lowest BCUT2D eigenvalue weighted by Crippen LogP contribution is -2.10. The van der Waals surface area contributed by atoms with Crippen molar-refractivity contribution in [3.8, 4) is 11.3 Å². The number of hydrogen-bond donors (Lipinski definition) is 1. The molecule has 1 aromatic heterocycles. The maximum absolute atomic E-state index is 11.6. The highest BCUT2D eigenvalue weighted by atomic mass is 32.1.